The molecule has 2 aliphatic rings. The monoisotopic (exact) mass is 203 g/mol. The van der Waals surface area contributed by atoms with E-state index < -0.39 is 0 Å². The Morgan fingerprint density at radius 2 is 2.20 bits per heavy atom. The van der Waals surface area contributed by atoms with Crippen molar-refractivity contribution in [2.45, 2.75) is 18.8 Å². The third kappa shape index (κ3) is 1.36. The maximum absolute atomic E-state index is 5.45. The van der Waals surface area contributed by atoms with Crippen molar-refractivity contribution >= 4 is 0 Å². The van der Waals surface area contributed by atoms with E-state index in [0.717, 1.165) is 24.8 Å². The van der Waals surface area contributed by atoms with Gasteiger partial charge in [-0.05, 0) is 43.5 Å². The Balaban J connectivity index is 1.82. The van der Waals surface area contributed by atoms with Gasteiger partial charge in [-0.15, -0.1) is 0 Å². The highest BCUT2D eigenvalue weighted by molar-refractivity contribution is 5.39. The summed E-state index contributed by atoms with van der Waals surface area (Å²) in [7, 11) is 0. The van der Waals surface area contributed by atoms with Gasteiger partial charge in [0.2, 0.25) is 0 Å². The third-order valence-corrected chi connectivity index (χ3v) is 3.80. The van der Waals surface area contributed by atoms with Crippen LogP contribution in [-0.4, -0.2) is 19.7 Å². The molecule has 1 aliphatic heterocycles. The van der Waals surface area contributed by atoms with Gasteiger partial charge < -0.3 is 10.1 Å². The third-order valence-electron chi connectivity index (χ3n) is 3.80. The van der Waals surface area contributed by atoms with Crippen molar-refractivity contribution in [3.8, 4) is 5.75 Å². The average Bonchev–Trinajstić information content (AvgIpc) is 2.83. The fraction of sp³-hybridized carbons (Fsp3) is 0.538. The number of piperidine rings is 1. The van der Waals surface area contributed by atoms with E-state index in [9.17, 15) is 0 Å². The predicted octanol–water partition coefficient (Wildman–Crippen LogP) is 1.95. The van der Waals surface area contributed by atoms with E-state index in [1.54, 1.807) is 0 Å². The lowest BCUT2D eigenvalue weighted by Crippen LogP contribution is -2.19. The van der Waals surface area contributed by atoms with Crippen LogP contribution in [0.3, 0.4) is 0 Å². The van der Waals surface area contributed by atoms with E-state index in [4.69, 9.17) is 4.74 Å². The smallest absolute Gasteiger partial charge is 0.119 e. The summed E-state index contributed by atoms with van der Waals surface area (Å²) in [5.74, 6) is 1.87. The second-order valence-corrected chi connectivity index (χ2v) is 4.65. The summed E-state index contributed by atoms with van der Waals surface area (Å²) in [5.41, 5.74) is 1.96. The van der Waals surface area contributed by atoms with Crippen molar-refractivity contribution in [3.63, 3.8) is 0 Å². The minimum Gasteiger partial charge on any atom is -0.494 e. The lowest BCUT2D eigenvalue weighted by atomic mass is 9.95. The fourth-order valence-electron chi connectivity index (χ4n) is 2.84. The van der Waals surface area contributed by atoms with Crippen LogP contribution in [0.15, 0.2) is 24.3 Å². The van der Waals surface area contributed by atoms with Gasteiger partial charge in [0.15, 0.2) is 0 Å². The van der Waals surface area contributed by atoms with Gasteiger partial charge in [0.05, 0.1) is 6.61 Å². The highest BCUT2D eigenvalue weighted by Crippen LogP contribution is 2.56. The van der Waals surface area contributed by atoms with Crippen LogP contribution in [-0.2, 0) is 5.41 Å². The second kappa shape index (κ2) is 3.24. The summed E-state index contributed by atoms with van der Waals surface area (Å²) in [6.45, 7) is 5.12. The Labute approximate surface area is 90.6 Å². The number of nitrogens with one attached hydrogen (secondary N) is 1. The van der Waals surface area contributed by atoms with E-state index in [-0.39, 0.29) is 0 Å². The predicted molar refractivity (Wildman–Crippen MR) is 60.3 cm³/mol. The van der Waals surface area contributed by atoms with Crippen LogP contribution >= 0.6 is 0 Å². The number of benzene rings is 1. The van der Waals surface area contributed by atoms with E-state index in [1.165, 1.54) is 18.5 Å². The quantitative estimate of drug-likeness (QED) is 0.810. The highest BCUT2D eigenvalue weighted by atomic mass is 16.5. The molecule has 0 radical (unpaired) electrons. The van der Waals surface area contributed by atoms with Crippen molar-refractivity contribution in [1.29, 1.82) is 0 Å². The molecule has 2 fully saturated rings. The molecule has 80 valence electrons. The zero-order chi connectivity index (χ0) is 10.3. The van der Waals surface area contributed by atoms with Crippen LogP contribution in [0.4, 0.5) is 0 Å². The molecule has 1 saturated carbocycles. The molecule has 0 bridgehead atoms. The lowest BCUT2D eigenvalue weighted by molar-refractivity contribution is 0.340. The van der Waals surface area contributed by atoms with Crippen LogP contribution in [0.25, 0.3) is 0 Å². The number of hydrogen-bond acceptors (Lipinski definition) is 2. The molecule has 2 nitrogen and oxygen atoms in total. The maximum atomic E-state index is 5.45. The lowest BCUT2D eigenvalue weighted by Gasteiger charge is -2.12. The molecule has 1 N–H and O–H groups in total. The van der Waals surface area contributed by atoms with Crippen LogP contribution in [0, 0.1) is 5.92 Å². The molecular weight excluding hydrogens is 186 g/mol. The van der Waals surface area contributed by atoms with Crippen molar-refractivity contribution in [2.75, 3.05) is 19.7 Å². The summed E-state index contributed by atoms with van der Waals surface area (Å²) in [6, 6.07) is 8.67. The molecule has 1 aliphatic carbocycles. The van der Waals surface area contributed by atoms with Gasteiger partial charge >= 0.3 is 0 Å². The van der Waals surface area contributed by atoms with Crippen LogP contribution < -0.4 is 10.1 Å². The highest BCUT2D eigenvalue weighted by Gasteiger charge is 2.57. The van der Waals surface area contributed by atoms with Gasteiger partial charge in [-0.1, -0.05) is 12.1 Å². The van der Waals surface area contributed by atoms with Gasteiger partial charge in [0.1, 0.15) is 5.75 Å². The molecule has 0 unspecified atom stereocenters. The molecule has 0 spiro atoms. The summed E-state index contributed by atoms with van der Waals surface area (Å²) in [5, 5.41) is 3.47. The Bertz CT molecular complexity index is 359. The summed E-state index contributed by atoms with van der Waals surface area (Å²) < 4.78 is 5.45. The first-order valence-corrected chi connectivity index (χ1v) is 5.79. The normalized spacial score (nSPS) is 32.5. The molecule has 2 atom stereocenters. The zero-order valence-corrected chi connectivity index (χ0v) is 9.12. The average molecular weight is 203 g/mol. The molecule has 1 aromatic rings. The van der Waals surface area contributed by atoms with Crippen LogP contribution in [0.5, 0.6) is 5.75 Å². The topological polar surface area (TPSA) is 21.3 Å². The van der Waals surface area contributed by atoms with Crippen molar-refractivity contribution in [2.24, 2.45) is 5.92 Å². The zero-order valence-electron chi connectivity index (χ0n) is 9.12. The standard InChI is InChI=1S/C13H17NO/c1-2-15-12-5-3-10(4-6-12)13-7-11(13)8-14-9-13/h3-6,11,14H,2,7-9H2,1H3/t11-,13+/m1/s1. The molecule has 2 heteroatoms. The van der Waals surface area contributed by atoms with Crippen LogP contribution in [0.2, 0.25) is 0 Å². The largest absolute Gasteiger partial charge is 0.494 e. The Morgan fingerprint density at radius 1 is 1.40 bits per heavy atom. The minimum atomic E-state index is 0.477. The summed E-state index contributed by atoms with van der Waals surface area (Å²) in [6.07, 6.45) is 1.37. The minimum absolute atomic E-state index is 0.477. The van der Waals surface area contributed by atoms with Gasteiger partial charge in [0.25, 0.3) is 0 Å². The first-order valence-electron chi connectivity index (χ1n) is 5.79. The molecule has 1 aromatic carbocycles. The van der Waals surface area contributed by atoms with Gasteiger partial charge in [0, 0.05) is 12.0 Å². The second-order valence-electron chi connectivity index (χ2n) is 4.65. The molecule has 0 aromatic heterocycles. The van der Waals surface area contributed by atoms with E-state index in [2.05, 4.69) is 29.6 Å². The van der Waals surface area contributed by atoms with E-state index in [1.807, 2.05) is 6.92 Å². The molecule has 1 heterocycles. The van der Waals surface area contributed by atoms with Gasteiger partial charge in [-0.2, -0.15) is 0 Å². The molecule has 15 heavy (non-hydrogen) atoms. The fourth-order valence-corrected chi connectivity index (χ4v) is 2.84. The summed E-state index contributed by atoms with van der Waals surface area (Å²) in [4.78, 5) is 0. The molecule has 0 amide bonds. The van der Waals surface area contributed by atoms with E-state index in [0.29, 0.717) is 5.41 Å². The SMILES string of the molecule is CCOc1ccc([C@]23CNC[C@H]2C3)cc1. The van der Waals surface area contributed by atoms with Gasteiger partial charge in [-0.3, -0.25) is 0 Å². The first-order chi connectivity index (χ1) is 7.35. The van der Waals surface area contributed by atoms with Crippen molar-refractivity contribution < 1.29 is 4.74 Å². The Morgan fingerprint density at radius 3 is 2.73 bits per heavy atom. The van der Waals surface area contributed by atoms with Crippen molar-refractivity contribution in [1.82, 2.24) is 5.32 Å². The maximum Gasteiger partial charge on any atom is 0.119 e. The number of ether oxygens (including phenoxy) is 1. The van der Waals surface area contributed by atoms with Gasteiger partial charge in [-0.25, -0.2) is 0 Å². The number of hydrogen-bond donors (Lipinski definition) is 1. The first kappa shape index (κ1) is 9.22. The number of rotatable bonds is 3. The summed E-state index contributed by atoms with van der Waals surface area (Å²) >= 11 is 0. The van der Waals surface area contributed by atoms with E-state index >= 15 is 0 Å². The molecule has 1 saturated heterocycles. The molecular formula is C13H17NO. The van der Waals surface area contributed by atoms with Crippen LogP contribution in [0.1, 0.15) is 18.9 Å². The van der Waals surface area contributed by atoms with Crippen molar-refractivity contribution in [3.05, 3.63) is 29.8 Å². The number of fused-ring (bicyclic) bond motifs is 1. The Hall–Kier alpha value is -1.02. The Kier molecular flexibility index (Phi) is 1.99. The molecule has 3 rings (SSSR count).